The van der Waals surface area contributed by atoms with E-state index >= 15 is 0 Å². The third kappa shape index (κ3) is 5.16. The van der Waals surface area contributed by atoms with E-state index in [1.807, 2.05) is 36.2 Å². The minimum atomic E-state index is -0.245. The van der Waals surface area contributed by atoms with E-state index in [9.17, 15) is 9.59 Å². The van der Waals surface area contributed by atoms with E-state index < -0.39 is 0 Å². The number of nitrogens with one attached hydrogen (secondary N) is 3. The number of carbonyl (C=O) groups is 2. The Hall–Kier alpha value is -3.62. The molecule has 168 valence electrons. The fraction of sp³-hybridized carbons (Fsp3) is 0.391. The molecular weight excluding hydrogens is 408 g/mol. The van der Waals surface area contributed by atoms with Gasteiger partial charge in [-0.25, -0.2) is 9.97 Å². The number of anilines is 3. The Morgan fingerprint density at radius 2 is 1.97 bits per heavy atom. The zero-order chi connectivity index (χ0) is 22.3. The summed E-state index contributed by atoms with van der Waals surface area (Å²) < 4.78 is 5.86. The van der Waals surface area contributed by atoms with Crippen molar-refractivity contribution in [1.29, 1.82) is 0 Å². The average Bonchev–Trinajstić information content (AvgIpc) is 3.11. The van der Waals surface area contributed by atoms with Crippen LogP contribution in [0.4, 0.5) is 17.3 Å². The van der Waals surface area contributed by atoms with Crippen LogP contribution in [0.5, 0.6) is 5.75 Å². The highest BCUT2D eigenvalue weighted by Gasteiger charge is 2.30. The molecule has 2 aliphatic rings. The van der Waals surface area contributed by atoms with E-state index in [0.29, 0.717) is 48.9 Å². The van der Waals surface area contributed by atoms with E-state index in [1.165, 1.54) is 6.33 Å². The molecule has 32 heavy (non-hydrogen) atoms. The van der Waals surface area contributed by atoms with Crippen molar-refractivity contribution in [3.8, 4) is 5.75 Å². The predicted octanol–water partition coefficient (Wildman–Crippen LogP) is 2.78. The zero-order valence-corrected chi connectivity index (χ0v) is 18.2. The van der Waals surface area contributed by atoms with Gasteiger partial charge in [0.05, 0.1) is 17.7 Å². The van der Waals surface area contributed by atoms with Crippen molar-refractivity contribution >= 4 is 34.7 Å². The number of rotatable bonds is 0. The molecule has 3 N–H and O–H groups in total. The summed E-state index contributed by atoms with van der Waals surface area (Å²) in [6.45, 7) is 1.68. The van der Waals surface area contributed by atoms with Crippen LogP contribution >= 0.6 is 0 Å². The van der Waals surface area contributed by atoms with Crippen molar-refractivity contribution < 1.29 is 14.3 Å². The third-order valence-corrected chi connectivity index (χ3v) is 5.49. The summed E-state index contributed by atoms with van der Waals surface area (Å²) in [5.41, 5.74) is 1.91. The Labute approximate surface area is 187 Å². The van der Waals surface area contributed by atoms with Gasteiger partial charge in [0.25, 0.3) is 5.91 Å². The second-order valence-electron chi connectivity index (χ2n) is 7.89. The fourth-order valence-corrected chi connectivity index (χ4v) is 3.75. The first kappa shape index (κ1) is 21.6. The van der Waals surface area contributed by atoms with Gasteiger partial charge in [-0.1, -0.05) is 18.9 Å². The van der Waals surface area contributed by atoms with Gasteiger partial charge in [-0.2, -0.15) is 0 Å². The highest BCUT2D eigenvalue weighted by molar-refractivity contribution is 6.32. The number of hydrogen-bond donors (Lipinski definition) is 3. The summed E-state index contributed by atoms with van der Waals surface area (Å²) in [7, 11) is 1.88. The van der Waals surface area contributed by atoms with Crippen LogP contribution < -0.4 is 25.6 Å². The number of carbonyl (C=O) groups excluding carboxylic acids is 2. The number of benzene rings is 1. The van der Waals surface area contributed by atoms with E-state index in [2.05, 4.69) is 25.9 Å². The molecular formula is C23H28N6O3. The summed E-state index contributed by atoms with van der Waals surface area (Å²) in [6.07, 6.45) is 7.44. The molecule has 0 saturated carbocycles. The predicted molar refractivity (Wildman–Crippen MR) is 124 cm³/mol. The van der Waals surface area contributed by atoms with Crippen molar-refractivity contribution in [1.82, 2.24) is 15.3 Å². The molecule has 1 aromatic carbocycles. The Kier molecular flexibility index (Phi) is 6.84. The summed E-state index contributed by atoms with van der Waals surface area (Å²) in [4.78, 5) is 35.3. The third-order valence-electron chi connectivity index (χ3n) is 5.49. The number of aromatic nitrogens is 2. The quantitative estimate of drug-likeness (QED) is 0.583. The number of fused-ring (bicyclic) bond motifs is 2. The second kappa shape index (κ2) is 10.1. The summed E-state index contributed by atoms with van der Waals surface area (Å²) in [5, 5.41) is 8.96. The maximum absolute atomic E-state index is 12.6. The molecule has 9 nitrogen and oxygen atoms in total. The molecule has 0 fully saturated rings. The standard InChI is InChI=1S/C23H28N6O3/c1-29-11-10-24-19(30)9-4-2-3-5-12-32-17-8-6-7-16(13-17)25-14-18-20-21(28-23(18)31)26-15-27-22(20)29/h6-8,13-15,25H,2-5,9-12H2,1H3,(H,24,30)(H,26,27,28,31)/b18-14-. The van der Waals surface area contributed by atoms with Gasteiger partial charge in [0.1, 0.15) is 23.7 Å². The molecule has 0 saturated heterocycles. The molecule has 2 bridgehead atoms. The van der Waals surface area contributed by atoms with Crippen LogP contribution in [0.15, 0.2) is 36.8 Å². The topological polar surface area (TPSA) is 108 Å². The van der Waals surface area contributed by atoms with Gasteiger partial charge in [0, 0.05) is 44.5 Å². The summed E-state index contributed by atoms with van der Waals surface area (Å²) in [6, 6.07) is 7.64. The molecule has 9 heteroatoms. The van der Waals surface area contributed by atoms with Crippen molar-refractivity contribution in [3.63, 3.8) is 0 Å². The molecule has 0 atom stereocenters. The maximum atomic E-state index is 12.6. The molecule has 2 aliphatic heterocycles. The Balaban J connectivity index is 1.61. The van der Waals surface area contributed by atoms with Crippen LogP contribution in [-0.2, 0) is 9.59 Å². The van der Waals surface area contributed by atoms with Crippen LogP contribution in [0.25, 0.3) is 5.57 Å². The van der Waals surface area contributed by atoms with Gasteiger partial charge in [-0.15, -0.1) is 0 Å². The first-order chi connectivity index (χ1) is 15.6. The smallest absolute Gasteiger partial charge is 0.259 e. The lowest BCUT2D eigenvalue weighted by atomic mass is 10.1. The fourth-order valence-electron chi connectivity index (χ4n) is 3.75. The van der Waals surface area contributed by atoms with Gasteiger partial charge in [-0.05, 0) is 25.0 Å². The first-order valence-electron chi connectivity index (χ1n) is 11.0. The minimum absolute atomic E-state index is 0.0513. The van der Waals surface area contributed by atoms with Crippen LogP contribution in [0.2, 0.25) is 0 Å². The SMILES string of the molecule is CN1CCNC(=O)CCCCCCOc2cccc(c2)N/C=C2\C(=O)Nc3ncnc1c32. The van der Waals surface area contributed by atoms with Crippen molar-refractivity contribution in [2.75, 3.05) is 42.3 Å². The second-order valence-corrected chi connectivity index (χ2v) is 7.89. The van der Waals surface area contributed by atoms with E-state index in [1.54, 1.807) is 6.20 Å². The molecule has 1 aromatic heterocycles. The summed E-state index contributed by atoms with van der Waals surface area (Å²) in [5.74, 6) is 1.67. The van der Waals surface area contributed by atoms with E-state index in [-0.39, 0.29) is 11.8 Å². The molecule has 2 aromatic rings. The first-order valence-corrected chi connectivity index (χ1v) is 11.0. The number of nitrogens with zero attached hydrogens (tertiary/aromatic N) is 3. The van der Waals surface area contributed by atoms with Gasteiger partial charge >= 0.3 is 0 Å². The van der Waals surface area contributed by atoms with Gasteiger partial charge in [0.15, 0.2) is 0 Å². The largest absolute Gasteiger partial charge is 0.494 e. The lowest BCUT2D eigenvalue weighted by Crippen LogP contribution is -2.33. The monoisotopic (exact) mass is 436 g/mol. The van der Waals surface area contributed by atoms with Crippen LogP contribution in [0.1, 0.15) is 37.7 Å². The van der Waals surface area contributed by atoms with Gasteiger partial charge in [-0.3, -0.25) is 9.59 Å². The Morgan fingerprint density at radius 3 is 2.88 bits per heavy atom. The minimum Gasteiger partial charge on any atom is -0.494 e. The van der Waals surface area contributed by atoms with Crippen LogP contribution in [-0.4, -0.2) is 48.5 Å². The number of hydrogen-bond acceptors (Lipinski definition) is 7. The van der Waals surface area contributed by atoms with Crippen molar-refractivity contribution in [3.05, 3.63) is 42.4 Å². The van der Waals surface area contributed by atoms with Crippen molar-refractivity contribution in [2.45, 2.75) is 32.1 Å². The van der Waals surface area contributed by atoms with Crippen LogP contribution in [0.3, 0.4) is 0 Å². The molecule has 0 spiro atoms. The normalized spacial score (nSPS) is 19.4. The van der Waals surface area contributed by atoms with E-state index in [0.717, 1.165) is 37.1 Å². The number of ether oxygens (including phenoxy) is 1. The Bertz CT molecular complexity index is 1020. The zero-order valence-electron chi connectivity index (χ0n) is 18.2. The molecule has 0 unspecified atom stereocenters. The van der Waals surface area contributed by atoms with E-state index in [4.69, 9.17) is 4.74 Å². The molecule has 0 aliphatic carbocycles. The average molecular weight is 437 g/mol. The van der Waals surface area contributed by atoms with Crippen LogP contribution in [0, 0.1) is 0 Å². The highest BCUT2D eigenvalue weighted by Crippen LogP contribution is 2.36. The Morgan fingerprint density at radius 1 is 1.09 bits per heavy atom. The molecule has 0 radical (unpaired) electrons. The lowest BCUT2D eigenvalue weighted by Gasteiger charge is -2.20. The van der Waals surface area contributed by atoms with Gasteiger partial charge < -0.3 is 25.6 Å². The molecule has 2 amide bonds. The highest BCUT2D eigenvalue weighted by atomic mass is 16.5. The maximum Gasteiger partial charge on any atom is 0.259 e. The molecule has 3 heterocycles. The van der Waals surface area contributed by atoms with Crippen molar-refractivity contribution in [2.24, 2.45) is 0 Å². The number of likely N-dealkylation sites (N-methyl/N-ethyl adjacent to an activating group) is 1. The lowest BCUT2D eigenvalue weighted by molar-refractivity contribution is -0.121. The summed E-state index contributed by atoms with van der Waals surface area (Å²) >= 11 is 0. The number of amides is 2. The molecule has 4 rings (SSSR count). The van der Waals surface area contributed by atoms with Gasteiger partial charge in [0.2, 0.25) is 5.91 Å².